The molecule has 0 bridgehead atoms. The molecule has 0 amide bonds. The van der Waals surface area contributed by atoms with Gasteiger partial charge in [0.2, 0.25) is 0 Å². The van der Waals surface area contributed by atoms with Crippen molar-refractivity contribution in [1.29, 1.82) is 0 Å². The Labute approximate surface area is 152 Å². The zero-order valence-electron chi connectivity index (χ0n) is 15.1. The molecule has 1 atom stereocenters. The second kappa shape index (κ2) is 7.83. The standard InChI is InChI=1S/C18H26N2O4S/c1-12(2)24-15-10-16(21)20-8-7-19(13-5-9-25-11-13)6-4-14(20)17(15)18(22)23-3/h10,12-13H,4-9,11H2,1-3H3. The van der Waals surface area contributed by atoms with Gasteiger partial charge in [-0.1, -0.05) is 0 Å². The van der Waals surface area contributed by atoms with Gasteiger partial charge in [-0.15, -0.1) is 0 Å². The second-order valence-electron chi connectivity index (χ2n) is 6.78. The van der Waals surface area contributed by atoms with Crippen LogP contribution in [0.4, 0.5) is 0 Å². The number of nitrogens with zero attached hydrogens (tertiary/aromatic N) is 2. The summed E-state index contributed by atoms with van der Waals surface area (Å²) in [5, 5.41) is 0. The Hall–Kier alpha value is -1.47. The lowest BCUT2D eigenvalue weighted by atomic mass is 10.1. The molecule has 0 aromatic carbocycles. The van der Waals surface area contributed by atoms with Gasteiger partial charge >= 0.3 is 5.97 Å². The number of aromatic nitrogens is 1. The van der Waals surface area contributed by atoms with Gasteiger partial charge in [0.05, 0.1) is 13.2 Å². The van der Waals surface area contributed by atoms with E-state index in [1.807, 2.05) is 25.6 Å². The Balaban J connectivity index is 1.98. The van der Waals surface area contributed by atoms with Crippen molar-refractivity contribution in [2.24, 2.45) is 0 Å². The molecule has 0 saturated carbocycles. The quantitative estimate of drug-likeness (QED) is 0.757. The molecule has 3 heterocycles. The van der Waals surface area contributed by atoms with Gasteiger partial charge in [-0.2, -0.15) is 11.8 Å². The van der Waals surface area contributed by atoms with Crippen LogP contribution in [0.15, 0.2) is 10.9 Å². The van der Waals surface area contributed by atoms with Crippen molar-refractivity contribution in [2.45, 2.75) is 45.4 Å². The molecular formula is C18H26N2O4S. The summed E-state index contributed by atoms with van der Waals surface area (Å²) in [6, 6.07) is 2.00. The van der Waals surface area contributed by atoms with Crippen LogP contribution in [0.5, 0.6) is 5.75 Å². The van der Waals surface area contributed by atoms with E-state index in [1.54, 1.807) is 4.57 Å². The predicted octanol–water partition coefficient (Wildman–Crippen LogP) is 1.79. The van der Waals surface area contributed by atoms with Crippen molar-refractivity contribution in [3.05, 3.63) is 27.7 Å². The largest absolute Gasteiger partial charge is 0.490 e. The molecule has 1 aromatic rings. The fraction of sp³-hybridized carbons (Fsp3) is 0.667. The van der Waals surface area contributed by atoms with Crippen molar-refractivity contribution < 1.29 is 14.3 Å². The molecule has 1 saturated heterocycles. The zero-order valence-corrected chi connectivity index (χ0v) is 15.9. The third-order valence-electron chi connectivity index (χ3n) is 4.80. The molecule has 2 aliphatic rings. The Morgan fingerprint density at radius 3 is 2.76 bits per heavy atom. The van der Waals surface area contributed by atoms with E-state index >= 15 is 0 Å². The van der Waals surface area contributed by atoms with Crippen molar-refractivity contribution in [2.75, 3.05) is 31.7 Å². The molecule has 2 aliphatic heterocycles. The lowest BCUT2D eigenvalue weighted by molar-refractivity contribution is 0.0591. The molecule has 0 N–H and O–H groups in total. The lowest BCUT2D eigenvalue weighted by Crippen LogP contribution is -2.37. The number of carbonyl (C=O) groups excluding carboxylic acids is 1. The molecule has 7 heteroatoms. The minimum absolute atomic E-state index is 0.110. The third kappa shape index (κ3) is 3.87. The van der Waals surface area contributed by atoms with Gasteiger partial charge in [0.25, 0.3) is 5.56 Å². The molecular weight excluding hydrogens is 340 g/mol. The summed E-state index contributed by atoms with van der Waals surface area (Å²) in [4.78, 5) is 27.5. The SMILES string of the molecule is COC(=O)c1c(OC(C)C)cc(=O)n2c1CCN(C1CCSC1)CC2. The first-order chi connectivity index (χ1) is 12.0. The molecule has 6 nitrogen and oxygen atoms in total. The van der Waals surface area contributed by atoms with Crippen molar-refractivity contribution in [3.63, 3.8) is 0 Å². The smallest absolute Gasteiger partial charge is 0.343 e. The van der Waals surface area contributed by atoms with Crippen molar-refractivity contribution >= 4 is 17.7 Å². The van der Waals surface area contributed by atoms with Crippen LogP contribution in [-0.4, -0.2) is 59.3 Å². The summed E-state index contributed by atoms with van der Waals surface area (Å²) in [5.41, 5.74) is 1.03. The molecule has 1 aromatic heterocycles. The maximum Gasteiger partial charge on any atom is 0.343 e. The number of esters is 1. The number of pyridine rings is 1. The fourth-order valence-corrected chi connectivity index (χ4v) is 4.86. The van der Waals surface area contributed by atoms with E-state index in [2.05, 4.69) is 4.90 Å². The van der Waals surface area contributed by atoms with Gasteiger partial charge < -0.3 is 14.0 Å². The van der Waals surface area contributed by atoms with Gasteiger partial charge in [-0.25, -0.2) is 4.79 Å². The average molecular weight is 366 g/mol. The van der Waals surface area contributed by atoms with Crippen LogP contribution in [0.2, 0.25) is 0 Å². The summed E-state index contributed by atoms with van der Waals surface area (Å²) in [7, 11) is 1.36. The molecule has 1 unspecified atom stereocenters. The fourth-order valence-electron chi connectivity index (χ4n) is 3.61. The Morgan fingerprint density at radius 1 is 1.32 bits per heavy atom. The molecule has 0 radical (unpaired) electrons. The van der Waals surface area contributed by atoms with Crippen LogP contribution in [0.3, 0.4) is 0 Å². The van der Waals surface area contributed by atoms with Gasteiger partial charge in [0.1, 0.15) is 11.3 Å². The van der Waals surface area contributed by atoms with E-state index in [0.717, 1.165) is 24.5 Å². The number of ether oxygens (including phenoxy) is 2. The summed E-state index contributed by atoms with van der Waals surface area (Å²) >= 11 is 1.99. The van der Waals surface area contributed by atoms with Crippen LogP contribution in [0.25, 0.3) is 0 Å². The van der Waals surface area contributed by atoms with E-state index in [4.69, 9.17) is 9.47 Å². The summed E-state index contributed by atoms with van der Waals surface area (Å²) in [6.45, 7) is 6.04. The number of methoxy groups -OCH3 is 1. The van der Waals surface area contributed by atoms with Crippen molar-refractivity contribution in [1.82, 2.24) is 9.47 Å². The maximum atomic E-state index is 12.6. The van der Waals surface area contributed by atoms with E-state index in [-0.39, 0.29) is 11.7 Å². The van der Waals surface area contributed by atoms with Gasteiger partial charge in [0, 0.05) is 49.6 Å². The lowest BCUT2D eigenvalue weighted by Gasteiger charge is -2.26. The highest BCUT2D eigenvalue weighted by atomic mass is 32.2. The Bertz CT molecular complexity index is 695. The first-order valence-corrected chi connectivity index (χ1v) is 10.00. The Kier molecular flexibility index (Phi) is 5.74. The van der Waals surface area contributed by atoms with Crippen LogP contribution in [0, 0.1) is 0 Å². The van der Waals surface area contributed by atoms with Crippen molar-refractivity contribution in [3.8, 4) is 5.75 Å². The van der Waals surface area contributed by atoms with E-state index in [1.165, 1.54) is 25.3 Å². The third-order valence-corrected chi connectivity index (χ3v) is 5.95. The molecule has 0 spiro atoms. The van der Waals surface area contributed by atoms with Crippen LogP contribution < -0.4 is 10.3 Å². The maximum absolute atomic E-state index is 12.6. The number of rotatable bonds is 4. The van der Waals surface area contributed by atoms with E-state index in [0.29, 0.717) is 30.3 Å². The molecule has 0 aliphatic carbocycles. The average Bonchev–Trinajstić information content (AvgIpc) is 3.01. The first kappa shape index (κ1) is 18.3. The predicted molar refractivity (Wildman–Crippen MR) is 98.8 cm³/mol. The molecule has 3 rings (SSSR count). The molecule has 25 heavy (non-hydrogen) atoms. The number of hydrogen-bond donors (Lipinski definition) is 0. The summed E-state index contributed by atoms with van der Waals surface area (Å²) in [6.07, 6.45) is 1.72. The second-order valence-corrected chi connectivity index (χ2v) is 7.93. The van der Waals surface area contributed by atoms with Gasteiger partial charge in [-0.05, 0) is 26.0 Å². The summed E-state index contributed by atoms with van der Waals surface area (Å²) < 4.78 is 12.5. The highest BCUT2D eigenvalue weighted by Crippen LogP contribution is 2.27. The highest BCUT2D eigenvalue weighted by molar-refractivity contribution is 7.99. The zero-order chi connectivity index (χ0) is 18.0. The molecule has 138 valence electrons. The van der Waals surface area contributed by atoms with Gasteiger partial charge in [0.15, 0.2) is 0 Å². The molecule has 1 fully saturated rings. The monoisotopic (exact) mass is 366 g/mol. The minimum Gasteiger partial charge on any atom is -0.490 e. The highest BCUT2D eigenvalue weighted by Gasteiger charge is 2.29. The topological polar surface area (TPSA) is 60.8 Å². The number of thioether (sulfide) groups is 1. The van der Waals surface area contributed by atoms with E-state index < -0.39 is 5.97 Å². The van der Waals surface area contributed by atoms with Gasteiger partial charge in [-0.3, -0.25) is 9.69 Å². The number of fused-ring (bicyclic) bond motifs is 1. The number of carbonyl (C=O) groups is 1. The minimum atomic E-state index is -0.440. The normalized spacial score (nSPS) is 21.0. The summed E-state index contributed by atoms with van der Waals surface area (Å²) in [5.74, 6) is 2.25. The first-order valence-electron chi connectivity index (χ1n) is 8.84. The van der Waals surface area contributed by atoms with Crippen LogP contribution in [-0.2, 0) is 17.7 Å². The Morgan fingerprint density at radius 2 is 2.12 bits per heavy atom. The van der Waals surface area contributed by atoms with Crippen LogP contribution in [0.1, 0.15) is 36.3 Å². The van der Waals surface area contributed by atoms with E-state index in [9.17, 15) is 9.59 Å². The number of hydrogen-bond acceptors (Lipinski definition) is 6. The van der Waals surface area contributed by atoms with Crippen LogP contribution >= 0.6 is 11.8 Å².